The molecular formula is C26H23FN8O2. The predicted octanol–water partition coefficient (Wildman–Crippen LogP) is 2.86. The minimum Gasteiger partial charge on any atom is -0.331 e. The van der Waals surface area contributed by atoms with Gasteiger partial charge >= 0.3 is 0 Å². The highest BCUT2D eigenvalue weighted by molar-refractivity contribution is 5.95. The fourth-order valence-corrected chi connectivity index (χ4v) is 4.93. The average Bonchev–Trinajstić information content (AvgIpc) is 3.52. The van der Waals surface area contributed by atoms with Crippen molar-refractivity contribution in [2.75, 3.05) is 6.54 Å². The number of rotatable bonds is 4. The van der Waals surface area contributed by atoms with Gasteiger partial charge in [-0.25, -0.2) is 14.5 Å². The van der Waals surface area contributed by atoms with Crippen molar-refractivity contribution in [1.29, 1.82) is 0 Å². The Morgan fingerprint density at radius 2 is 1.95 bits per heavy atom. The first-order valence-corrected chi connectivity index (χ1v) is 11.9. The van der Waals surface area contributed by atoms with Gasteiger partial charge < -0.3 is 14.0 Å². The molecule has 0 bridgehead atoms. The van der Waals surface area contributed by atoms with Crippen LogP contribution in [0.2, 0.25) is 0 Å². The van der Waals surface area contributed by atoms with Crippen LogP contribution in [0, 0.1) is 5.82 Å². The summed E-state index contributed by atoms with van der Waals surface area (Å²) in [6.45, 7) is 2.55. The first-order valence-electron chi connectivity index (χ1n) is 11.9. The number of halogens is 1. The summed E-state index contributed by atoms with van der Waals surface area (Å²) < 4.78 is 18.7. The van der Waals surface area contributed by atoms with Gasteiger partial charge in [0, 0.05) is 37.8 Å². The van der Waals surface area contributed by atoms with Crippen molar-refractivity contribution < 1.29 is 9.18 Å². The molecule has 0 radical (unpaired) electrons. The van der Waals surface area contributed by atoms with Crippen LogP contribution in [0.4, 0.5) is 4.39 Å². The number of aromatic amines is 1. The normalized spacial score (nSPS) is 15.2. The third-order valence-corrected chi connectivity index (χ3v) is 6.74. The number of nitrogens with one attached hydrogen (secondary N) is 1. The van der Waals surface area contributed by atoms with Crippen LogP contribution in [0.3, 0.4) is 0 Å². The zero-order valence-electron chi connectivity index (χ0n) is 20.2. The smallest absolute Gasteiger partial charge is 0.272 e. The average molecular weight is 499 g/mol. The van der Waals surface area contributed by atoms with E-state index < -0.39 is 11.7 Å². The van der Waals surface area contributed by atoms with Gasteiger partial charge in [-0.1, -0.05) is 24.3 Å². The van der Waals surface area contributed by atoms with Crippen molar-refractivity contribution in [2.45, 2.75) is 25.9 Å². The van der Waals surface area contributed by atoms with Gasteiger partial charge in [0.05, 0.1) is 29.2 Å². The molecule has 0 aliphatic carbocycles. The lowest BCUT2D eigenvalue weighted by molar-refractivity contribution is 0.0677. The number of H-pyrrole nitrogens is 1. The maximum absolute atomic E-state index is 14.9. The molecule has 1 N–H and O–H groups in total. The maximum atomic E-state index is 14.9. The molecule has 0 spiro atoms. The Balaban J connectivity index is 1.29. The number of hydrogen-bond acceptors (Lipinski definition) is 6. The van der Waals surface area contributed by atoms with Gasteiger partial charge in [-0.2, -0.15) is 5.10 Å². The van der Waals surface area contributed by atoms with Gasteiger partial charge in [-0.15, -0.1) is 10.2 Å². The summed E-state index contributed by atoms with van der Waals surface area (Å²) in [6, 6.07) is 11.5. The summed E-state index contributed by atoms with van der Waals surface area (Å²) in [5.41, 5.74) is 1.06. The van der Waals surface area contributed by atoms with Crippen LogP contribution in [-0.4, -0.2) is 51.9 Å². The third-order valence-electron chi connectivity index (χ3n) is 6.74. The molecule has 11 heteroatoms. The van der Waals surface area contributed by atoms with Gasteiger partial charge in [0.2, 0.25) is 0 Å². The molecule has 1 amide bonds. The van der Waals surface area contributed by atoms with Crippen molar-refractivity contribution in [3.8, 4) is 11.6 Å². The molecule has 37 heavy (non-hydrogen) atoms. The number of hydrogen-bond donors (Lipinski definition) is 1. The summed E-state index contributed by atoms with van der Waals surface area (Å²) in [4.78, 5) is 31.5. The standard InChI is InChI=1S/C26H23FN8O2/c1-15-13-34(14-22-30-31-24(35(15)22)23-28-9-10-33(23)2)26(37)19-11-16(7-8-20(19)27)12-21-17-5-3-4-6-18(17)25(36)32-29-21/h3-11,15H,12-14H2,1-2H3,(H,32,36). The highest BCUT2D eigenvalue weighted by Gasteiger charge is 2.32. The molecule has 0 saturated carbocycles. The monoisotopic (exact) mass is 498 g/mol. The number of carbonyl (C=O) groups excluding carboxylic acids is 1. The Morgan fingerprint density at radius 3 is 2.73 bits per heavy atom. The fraction of sp³-hybridized carbons (Fsp3) is 0.231. The Hall–Kier alpha value is -4.67. The lowest BCUT2D eigenvalue weighted by atomic mass is 10.0. The van der Waals surface area contributed by atoms with Crippen molar-refractivity contribution in [2.24, 2.45) is 7.05 Å². The fourth-order valence-electron chi connectivity index (χ4n) is 4.93. The largest absolute Gasteiger partial charge is 0.331 e. The van der Waals surface area contributed by atoms with Gasteiger partial charge in [-0.3, -0.25) is 9.59 Å². The van der Waals surface area contributed by atoms with Crippen LogP contribution in [0.5, 0.6) is 0 Å². The summed E-state index contributed by atoms with van der Waals surface area (Å²) in [5.74, 6) is 0.925. The number of aryl methyl sites for hydroxylation is 1. The van der Waals surface area contributed by atoms with Crippen molar-refractivity contribution in [1.82, 2.24) is 39.4 Å². The molecule has 0 saturated heterocycles. The summed E-state index contributed by atoms with van der Waals surface area (Å²) in [7, 11) is 1.88. The number of amides is 1. The van der Waals surface area contributed by atoms with Crippen LogP contribution in [-0.2, 0) is 20.0 Å². The molecule has 6 rings (SSSR count). The minimum atomic E-state index is -0.596. The van der Waals surface area contributed by atoms with Crippen LogP contribution in [0.1, 0.15) is 40.4 Å². The topological polar surface area (TPSA) is 115 Å². The molecule has 1 aliphatic heterocycles. The van der Waals surface area contributed by atoms with E-state index >= 15 is 0 Å². The first kappa shape index (κ1) is 22.8. The number of benzene rings is 2. The first-order chi connectivity index (χ1) is 17.9. The molecule has 1 aliphatic rings. The van der Waals surface area contributed by atoms with Crippen molar-refractivity contribution >= 4 is 16.7 Å². The molecular weight excluding hydrogens is 475 g/mol. The lowest BCUT2D eigenvalue weighted by Crippen LogP contribution is -2.41. The number of aromatic nitrogens is 7. The van der Waals surface area contributed by atoms with Crippen molar-refractivity contribution in [3.63, 3.8) is 0 Å². The Morgan fingerprint density at radius 1 is 1.14 bits per heavy atom. The molecule has 1 atom stereocenters. The van der Waals surface area contributed by atoms with E-state index in [9.17, 15) is 14.0 Å². The molecule has 5 aromatic rings. The number of carbonyl (C=O) groups is 1. The summed E-state index contributed by atoms with van der Waals surface area (Å²) >= 11 is 0. The van der Waals surface area contributed by atoms with Gasteiger partial charge in [0.15, 0.2) is 17.5 Å². The van der Waals surface area contributed by atoms with Gasteiger partial charge in [0.1, 0.15) is 5.82 Å². The van der Waals surface area contributed by atoms with E-state index in [1.54, 1.807) is 35.4 Å². The highest BCUT2D eigenvalue weighted by Crippen LogP contribution is 2.28. The third kappa shape index (κ3) is 3.88. The number of imidazole rings is 1. The van der Waals surface area contributed by atoms with E-state index in [0.29, 0.717) is 47.1 Å². The zero-order chi connectivity index (χ0) is 25.7. The van der Waals surface area contributed by atoms with Gasteiger partial charge in [0.25, 0.3) is 11.5 Å². The highest BCUT2D eigenvalue weighted by atomic mass is 19.1. The molecule has 3 aromatic heterocycles. The molecule has 1 unspecified atom stereocenters. The van der Waals surface area contributed by atoms with E-state index in [1.165, 1.54) is 6.07 Å². The second kappa shape index (κ2) is 8.77. The molecule has 186 valence electrons. The predicted molar refractivity (Wildman–Crippen MR) is 133 cm³/mol. The Labute approximate surface area is 210 Å². The maximum Gasteiger partial charge on any atom is 0.272 e. The van der Waals surface area contributed by atoms with Crippen LogP contribution in [0.25, 0.3) is 22.4 Å². The Bertz CT molecular complexity index is 1720. The van der Waals surface area contributed by atoms with E-state index in [-0.39, 0.29) is 23.7 Å². The second-order valence-corrected chi connectivity index (χ2v) is 9.24. The second-order valence-electron chi connectivity index (χ2n) is 9.24. The molecule has 10 nitrogen and oxygen atoms in total. The summed E-state index contributed by atoms with van der Waals surface area (Å²) in [6.07, 6.45) is 3.86. The summed E-state index contributed by atoms with van der Waals surface area (Å²) in [5, 5.41) is 16.6. The Kier molecular flexibility index (Phi) is 5.40. The number of nitrogens with zero attached hydrogens (tertiary/aromatic N) is 7. The van der Waals surface area contributed by atoms with E-state index in [4.69, 9.17) is 0 Å². The van der Waals surface area contributed by atoms with Crippen molar-refractivity contribution in [3.05, 3.63) is 93.7 Å². The van der Waals surface area contributed by atoms with E-state index in [2.05, 4.69) is 25.4 Å². The minimum absolute atomic E-state index is 0.0179. The van der Waals surface area contributed by atoms with E-state index in [0.717, 1.165) is 5.39 Å². The molecule has 0 fully saturated rings. The van der Waals surface area contributed by atoms with Crippen LogP contribution in [0.15, 0.2) is 59.7 Å². The quantitative estimate of drug-likeness (QED) is 0.408. The van der Waals surface area contributed by atoms with Crippen LogP contribution >= 0.6 is 0 Å². The van der Waals surface area contributed by atoms with E-state index in [1.807, 2.05) is 41.4 Å². The SMILES string of the molecule is CC1CN(C(=O)c2cc(Cc3n[nH]c(=O)c4ccccc34)ccc2F)Cc2nnc(-c3nccn3C)n21. The van der Waals surface area contributed by atoms with Gasteiger partial charge in [-0.05, 0) is 30.7 Å². The van der Waals surface area contributed by atoms with Crippen LogP contribution < -0.4 is 5.56 Å². The molecule has 2 aromatic carbocycles. The zero-order valence-corrected chi connectivity index (χ0v) is 20.2. The molecule has 4 heterocycles. The lowest BCUT2D eigenvalue weighted by Gasteiger charge is -2.32. The number of fused-ring (bicyclic) bond motifs is 2.